The first-order valence-corrected chi connectivity index (χ1v) is 7.21. The van der Waals surface area contributed by atoms with E-state index < -0.39 is 0 Å². The summed E-state index contributed by atoms with van der Waals surface area (Å²) < 4.78 is 18.0. The summed E-state index contributed by atoms with van der Waals surface area (Å²) in [7, 11) is 1.67. The Balaban J connectivity index is 1.92. The molecule has 0 unspecified atom stereocenters. The van der Waals surface area contributed by atoms with Gasteiger partial charge in [0.2, 0.25) is 0 Å². The third-order valence-corrected chi connectivity index (χ3v) is 3.95. The van der Waals surface area contributed by atoms with Gasteiger partial charge in [0.15, 0.2) is 5.78 Å². The monoisotopic (exact) mass is 276 g/mol. The maximum Gasteiger partial charge on any atom is 0.162 e. The first-order chi connectivity index (χ1) is 9.70. The van der Waals surface area contributed by atoms with Crippen molar-refractivity contribution < 1.29 is 13.9 Å². The van der Waals surface area contributed by atoms with Crippen LogP contribution in [0.4, 0.5) is 4.39 Å². The number of methoxy groups -OCH3 is 1. The van der Waals surface area contributed by atoms with Crippen LogP contribution in [0.3, 0.4) is 0 Å². The lowest BCUT2D eigenvalue weighted by molar-refractivity contribution is 0.0973. The number of ketones is 1. The molecule has 0 radical (unpaired) electrons. The topological polar surface area (TPSA) is 26.3 Å². The smallest absolute Gasteiger partial charge is 0.162 e. The molecule has 1 aromatic carbocycles. The number of benzene rings is 1. The highest BCUT2D eigenvalue weighted by molar-refractivity contribution is 5.95. The van der Waals surface area contributed by atoms with Crippen molar-refractivity contribution in [3.05, 3.63) is 47.5 Å². The van der Waals surface area contributed by atoms with Crippen LogP contribution >= 0.6 is 0 Å². The van der Waals surface area contributed by atoms with Gasteiger partial charge in [-0.15, -0.1) is 0 Å². The van der Waals surface area contributed by atoms with E-state index in [2.05, 4.69) is 0 Å². The van der Waals surface area contributed by atoms with Crippen LogP contribution in [0.15, 0.2) is 36.1 Å². The molecule has 2 nitrogen and oxygen atoms in total. The number of carbonyl (C=O) groups excluding carboxylic acids is 1. The van der Waals surface area contributed by atoms with Crippen molar-refractivity contribution >= 4 is 5.78 Å². The maximum atomic E-state index is 12.8. The van der Waals surface area contributed by atoms with Gasteiger partial charge in [-0.05, 0) is 61.4 Å². The molecule has 1 atom stereocenters. The van der Waals surface area contributed by atoms with E-state index in [0.717, 1.165) is 19.3 Å². The van der Waals surface area contributed by atoms with E-state index in [-0.39, 0.29) is 11.6 Å². The van der Waals surface area contributed by atoms with Crippen molar-refractivity contribution in [1.82, 2.24) is 0 Å². The Morgan fingerprint density at radius 1 is 1.35 bits per heavy atom. The summed E-state index contributed by atoms with van der Waals surface area (Å²) in [6, 6.07) is 5.79. The molecule has 3 heteroatoms. The van der Waals surface area contributed by atoms with Gasteiger partial charge in [0.25, 0.3) is 0 Å². The van der Waals surface area contributed by atoms with Crippen LogP contribution in [-0.4, -0.2) is 12.9 Å². The molecule has 2 rings (SSSR count). The van der Waals surface area contributed by atoms with Crippen LogP contribution in [0.1, 0.15) is 48.9 Å². The fourth-order valence-corrected chi connectivity index (χ4v) is 2.83. The van der Waals surface area contributed by atoms with Crippen LogP contribution in [0.25, 0.3) is 0 Å². The Morgan fingerprint density at radius 3 is 2.80 bits per heavy atom. The molecule has 0 spiro atoms. The fourth-order valence-electron chi connectivity index (χ4n) is 2.83. The second-order valence-electron chi connectivity index (χ2n) is 5.34. The van der Waals surface area contributed by atoms with Crippen LogP contribution in [0, 0.1) is 11.7 Å². The Morgan fingerprint density at radius 2 is 2.10 bits per heavy atom. The number of hydrogen-bond acceptors (Lipinski definition) is 2. The molecule has 0 amide bonds. The SMILES string of the molecule is CO/C=C1/CCCC[C@@H]1CCC(=O)c1ccc(F)cc1. The van der Waals surface area contributed by atoms with E-state index in [1.807, 2.05) is 6.26 Å². The van der Waals surface area contributed by atoms with Crippen molar-refractivity contribution in [2.45, 2.75) is 38.5 Å². The second-order valence-corrected chi connectivity index (χ2v) is 5.34. The number of Topliss-reactive ketones (excluding diaryl/α,β-unsaturated/α-hetero) is 1. The maximum absolute atomic E-state index is 12.8. The highest BCUT2D eigenvalue weighted by Crippen LogP contribution is 2.32. The summed E-state index contributed by atoms with van der Waals surface area (Å²) in [6.45, 7) is 0. The van der Waals surface area contributed by atoms with Crippen molar-refractivity contribution in [1.29, 1.82) is 0 Å². The van der Waals surface area contributed by atoms with Gasteiger partial charge in [-0.2, -0.15) is 0 Å². The minimum atomic E-state index is -0.306. The van der Waals surface area contributed by atoms with Gasteiger partial charge in [0, 0.05) is 12.0 Å². The molecule has 1 aromatic rings. The number of hydrogen-bond donors (Lipinski definition) is 0. The van der Waals surface area contributed by atoms with Crippen molar-refractivity contribution in [2.75, 3.05) is 7.11 Å². The minimum absolute atomic E-state index is 0.0901. The van der Waals surface area contributed by atoms with Gasteiger partial charge in [-0.1, -0.05) is 6.42 Å². The average Bonchev–Trinajstić information content (AvgIpc) is 2.47. The highest BCUT2D eigenvalue weighted by Gasteiger charge is 2.20. The zero-order chi connectivity index (χ0) is 14.4. The van der Waals surface area contributed by atoms with E-state index in [9.17, 15) is 9.18 Å². The largest absolute Gasteiger partial charge is 0.504 e. The van der Waals surface area contributed by atoms with Crippen molar-refractivity contribution in [3.63, 3.8) is 0 Å². The predicted octanol–water partition coefficient (Wildman–Crippen LogP) is 4.51. The van der Waals surface area contributed by atoms with Gasteiger partial charge in [-0.25, -0.2) is 4.39 Å². The zero-order valence-corrected chi connectivity index (χ0v) is 11.9. The van der Waals surface area contributed by atoms with E-state index in [1.54, 1.807) is 19.2 Å². The quantitative estimate of drug-likeness (QED) is 0.584. The summed E-state index contributed by atoms with van der Waals surface area (Å²) in [5, 5.41) is 0. The van der Waals surface area contributed by atoms with Crippen LogP contribution in [-0.2, 0) is 4.74 Å². The van der Waals surface area contributed by atoms with E-state index in [0.29, 0.717) is 17.9 Å². The van der Waals surface area contributed by atoms with Crippen LogP contribution in [0.2, 0.25) is 0 Å². The molecule has 1 fully saturated rings. The van der Waals surface area contributed by atoms with Crippen LogP contribution in [0.5, 0.6) is 0 Å². The van der Waals surface area contributed by atoms with Crippen molar-refractivity contribution in [3.8, 4) is 0 Å². The normalized spacial score (nSPS) is 20.9. The highest BCUT2D eigenvalue weighted by atomic mass is 19.1. The lowest BCUT2D eigenvalue weighted by atomic mass is 9.81. The molecule has 108 valence electrons. The lowest BCUT2D eigenvalue weighted by Gasteiger charge is -2.24. The summed E-state index contributed by atoms with van der Waals surface area (Å²) >= 11 is 0. The fraction of sp³-hybridized carbons (Fsp3) is 0.471. The third kappa shape index (κ3) is 3.92. The number of halogens is 1. The third-order valence-electron chi connectivity index (χ3n) is 3.95. The number of allylic oxidation sites excluding steroid dienone is 1. The number of rotatable bonds is 5. The Labute approximate surface area is 119 Å². The van der Waals surface area contributed by atoms with Gasteiger partial charge >= 0.3 is 0 Å². The number of carbonyl (C=O) groups is 1. The molecule has 0 heterocycles. The minimum Gasteiger partial charge on any atom is -0.504 e. The Kier molecular flexibility index (Phi) is 5.33. The number of ether oxygens (including phenoxy) is 1. The standard InChI is InChI=1S/C17H21FO2/c1-20-12-15-5-3-2-4-13(15)8-11-17(19)14-6-9-16(18)10-7-14/h6-7,9-10,12-13H,2-5,8,11H2,1H3/b15-12-/t13-/m1/s1. The van der Waals surface area contributed by atoms with Crippen LogP contribution < -0.4 is 0 Å². The van der Waals surface area contributed by atoms with Gasteiger partial charge in [0.1, 0.15) is 5.82 Å². The average molecular weight is 276 g/mol. The lowest BCUT2D eigenvalue weighted by Crippen LogP contribution is -2.12. The molecule has 0 aromatic heterocycles. The zero-order valence-electron chi connectivity index (χ0n) is 11.9. The van der Waals surface area contributed by atoms with Crippen molar-refractivity contribution in [2.24, 2.45) is 5.92 Å². The molecule has 1 aliphatic rings. The van der Waals surface area contributed by atoms with E-state index in [4.69, 9.17) is 4.74 Å². The van der Waals surface area contributed by atoms with E-state index >= 15 is 0 Å². The van der Waals surface area contributed by atoms with Gasteiger partial charge in [-0.3, -0.25) is 4.79 Å². The summed E-state index contributed by atoms with van der Waals surface area (Å²) in [4.78, 5) is 12.1. The van der Waals surface area contributed by atoms with E-state index in [1.165, 1.54) is 30.5 Å². The molecule has 1 saturated carbocycles. The molecule has 20 heavy (non-hydrogen) atoms. The first kappa shape index (κ1) is 14.8. The first-order valence-electron chi connectivity index (χ1n) is 7.21. The van der Waals surface area contributed by atoms with Gasteiger partial charge in [0.05, 0.1) is 13.4 Å². The Hall–Kier alpha value is -1.64. The predicted molar refractivity (Wildman–Crippen MR) is 77.0 cm³/mol. The molecule has 0 aliphatic heterocycles. The van der Waals surface area contributed by atoms with Gasteiger partial charge < -0.3 is 4.74 Å². The molecule has 1 aliphatic carbocycles. The molecular formula is C17H21FO2. The summed E-state index contributed by atoms with van der Waals surface area (Å²) in [5.41, 5.74) is 1.92. The summed E-state index contributed by atoms with van der Waals surface area (Å²) in [5.74, 6) is 0.236. The molecular weight excluding hydrogens is 255 g/mol. The molecule has 0 N–H and O–H groups in total. The second kappa shape index (κ2) is 7.22. The molecule has 0 bridgehead atoms. The Bertz CT molecular complexity index is 476. The molecule has 0 saturated heterocycles. The summed E-state index contributed by atoms with van der Waals surface area (Å²) in [6.07, 6.45) is 7.83.